The van der Waals surface area contributed by atoms with Gasteiger partial charge in [-0.05, 0) is 0 Å². The van der Waals surface area contributed by atoms with E-state index in [9.17, 15) is 14.3 Å². The molecule has 2 atom stereocenters. The van der Waals surface area contributed by atoms with Crippen LogP contribution < -0.4 is 23.8 Å². The van der Waals surface area contributed by atoms with E-state index < -0.39 is 19.4 Å². The van der Waals surface area contributed by atoms with Crippen LogP contribution in [0.15, 0.2) is 0 Å². The van der Waals surface area contributed by atoms with Gasteiger partial charge in [0, 0.05) is 14.0 Å². The zero-order valence-corrected chi connectivity index (χ0v) is 8.41. The Balaban J connectivity index is 0. The first-order valence-corrected chi connectivity index (χ1v) is 4.48. The summed E-state index contributed by atoms with van der Waals surface area (Å²) in [6, 6.07) is 1.28. The molecule has 0 saturated heterocycles. The fourth-order valence-corrected chi connectivity index (χ4v) is 1.02. The maximum atomic E-state index is 10.8. The second-order valence-electron chi connectivity index (χ2n) is 1.81. The minimum atomic E-state index is -4.39. The Morgan fingerprint density at radius 3 is 2.38 bits per heavy atom. The van der Waals surface area contributed by atoms with E-state index in [2.05, 4.69) is 9.26 Å². The summed E-state index contributed by atoms with van der Waals surface area (Å²) in [5.74, 6) is -2.71. The Labute approximate surface area is 87.5 Å². The summed E-state index contributed by atoms with van der Waals surface area (Å²) in [5, 5.41) is 8.26. The van der Waals surface area contributed by atoms with Gasteiger partial charge in [0.25, 0.3) is 0 Å². The number of carbonyl (C=O) groups is 1. The van der Waals surface area contributed by atoms with Gasteiger partial charge in [0.15, 0.2) is 7.60 Å². The first-order valence-electron chi connectivity index (χ1n) is 2.87. The van der Waals surface area contributed by atoms with Crippen molar-refractivity contribution in [3.05, 3.63) is 0 Å². The maximum Gasteiger partial charge on any atom is 1.00 e. The van der Waals surface area contributed by atoms with Crippen LogP contribution in [0.4, 0.5) is 0 Å². The van der Waals surface area contributed by atoms with Gasteiger partial charge in [-0.2, -0.15) is 5.26 Å². The van der Waals surface area contributed by atoms with Gasteiger partial charge in [0.05, 0.1) is 0 Å². The van der Waals surface area contributed by atoms with Crippen molar-refractivity contribution in [2.45, 2.75) is 12.8 Å². The zero-order valence-electron chi connectivity index (χ0n) is 7.51. The number of hydrogen-bond acceptors (Lipinski definition) is 6. The predicted molar refractivity (Wildman–Crippen MR) is 35.8 cm³/mol. The molecule has 0 aromatic rings. The molecule has 8 heteroatoms. The van der Waals surface area contributed by atoms with Crippen molar-refractivity contribution in [1.82, 2.24) is 0 Å². The number of carbonyl (C=O) groups excluding carboxylic acids is 1. The number of ether oxygens (including phenoxy) is 1. The number of esters is 1. The van der Waals surface area contributed by atoms with Crippen LogP contribution in [0.3, 0.4) is 0 Å². The summed E-state index contributed by atoms with van der Waals surface area (Å²) in [6.45, 7) is 1.00. The largest absolute Gasteiger partial charge is 1.00 e. The normalized spacial score (nSPS) is 15.8. The van der Waals surface area contributed by atoms with E-state index in [4.69, 9.17) is 5.26 Å². The van der Waals surface area contributed by atoms with E-state index in [0.29, 0.717) is 0 Å². The van der Waals surface area contributed by atoms with E-state index >= 15 is 0 Å². The molecular weight excluding hydrogens is 192 g/mol. The number of nitriles is 1. The average molecular weight is 199 g/mol. The summed E-state index contributed by atoms with van der Waals surface area (Å²) < 4.78 is 18.9. The molecule has 0 radical (unpaired) electrons. The van der Waals surface area contributed by atoms with Crippen LogP contribution >= 0.6 is 7.60 Å². The van der Waals surface area contributed by atoms with Crippen LogP contribution in [0.5, 0.6) is 0 Å². The van der Waals surface area contributed by atoms with Gasteiger partial charge >= 0.3 is 24.8 Å². The number of hydrogen-bond donors (Lipinski definition) is 0. The minimum absolute atomic E-state index is 0. The molecule has 13 heavy (non-hydrogen) atoms. The third-order valence-corrected chi connectivity index (χ3v) is 2.23. The van der Waals surface area contributed by atoms with Gasteiger partial charge in [0.2, 0.25) is 5.85 Å². The third kappa shape index (κ3) is 5.10. The van der Waals surface area contributed by atoms with Crippen molar-refractivity contribution in [2.24, 2.45) is 0 Å². The fourth-order valence-electron chi connectivity index (χ4n) is 0.415. The molecule has 0 aliphatic rings. The van der Waals surface area contributed by atoms with Gasteiger partial charge < -0.3 is 18.7 Å². The minimum Gasteiger partial charge on any atom is -0.775 e. The summed E-state index contributed by atoms with van der Waals surface area (Å²) >= 11 is 0. The first kappa shape index (κ1) is 15.2. The van der Waals surface area contributed by atoms with E-state index in [1.807, 2.05) is 0 Å². The van der Waals surface area contributed by atoms with Crippen molar-refractivity contribution in [3.8, 4) is 6.07 Å². The standard InChI is InChI=1S/C5H8NO5P.Li/c1-4(7)11-5(3-6)12(8,9)10-2;/h5H,1-2H3,(H,8,9);/q;+1/p-1. The molecule has 0 aliphatic carbocycles. The Kier molecular flexibility index (Phi) is 7.25. The van der Waals surface area contributed by atoms with Crippen LogP contribution in [0.2, 0.25) is 0 Å². The topological polar surface area (TPSA) is 99.5 Å². The van der Waals surface area contributed by atoms with Crippen molar-refractivity contribution in [3.63, 3.8) is 0 Å². The molecule has 0 amide bonds. The summed E-state index contributed by atoms with van der Waals surface area (Å²) in [6.07, 6.45) is 0. The van der Waals surface area contributed by atoms with Crippen molar-refractivity contribution >= 4 is 13.6 Å². The molecule has 0 aromatic carbocycles. The molecule has 0 bridgehead atoms. The molecule has 0 heterocycles. The molecule has 0 aromatic heterocycles. The van der Waals surface area contributed by atoms with Gasteiger partial charge in [0.1, 0.15) is 6.07 Å². The van der Waals surface area contributed by atoms with Crippen LogP contribution in [0.25, 0.3) is 0 Å². The Hall–Kier alpha value is -0.293. The van der Waals surface area contributed by atoms with Gasteiger partial charge in [-0.1, -0.05) is 0 Å². The summed E-state index contributed by atoms with van der Waals surface area (Å²) in [7, 11) is -3.50. The molecule has 0 spiro atoms. The average Bonchev–Trinajstić information content (AvgIpc) is 1.99. The van der Waals surface area contributed by atoms with Crippen molar-refractivity contribution in [1.29, 1.82) is 5.26 Å². The summed E-state index contributed by atoms with van der Waals surface area (Å²) in [4.78, 5) is 21.1. The quantitative estimate of drug-likeness (QED) is 0.267. The Morgan fingerprint density at radius 2 is 2.15 bits per heavy atom. The molecular formula is C5H7LiNO5P. The fraction of sp³-hybridized carbons (Fsp3) is 0.600. The second kappa shape index (κ2) is 6.21. The van der Waals surface area contributed by atoms with Gasteiger partial charge in [-0.3, -0.25) is 4.79 Å². The van der Waals surface area contributed by atoms with Crippen molar-refractivity contribution in [2.75, 3.05) is 7.11 Å². The Morgan fingerprint density at radius 1 is 1.69 bits per heavy atom. The third-order valence-electron chi connectivity index (χ3n) is 0.930. The maximum absolute atomic E-state index is 10.8. The summed E-state index contributed by atoms with van der Waals surface area (Å²) in [5.41, 5.74) is 0. The van der Waals surface area contributed by atoms with E-state index in [0.717, 1.165) is 14.0 Å². The van der Waals surface area contributed by atoms with Crippen LogP contribution in [0, 0.1) is 11.3 Å². The monoisotopic (exact) mass is 199 g/mol. The second-order valence-corrected chi connectivity index (χ2v) is 3.73. The molecule has 0 aliphatic heterocycles. The van der Waals surface area contributed by atoms with E-state index in [1.54, 1.807) is 0 Å². The van der Waals surface area contributed by atoms with Crippen molar-refractivity contribution < 1.29 is 42.4 Å². The number of rotatable bonds is 3. The molecule has 0 fully saturated rings. The molecule has 6 nitrogen and oxygen atoms in total. The molecule has 68 valence electrons. The van der Waals surface area contributed by atoms with Crippen LogP contribution in [0.1, 0.15) is 6.92 Å². The van der Waals surface area contributed by atoms with E-state index in [-0.39, 0.29) is 18.9 Å². The molecule has 0 N–H and O–H groups in total. The van der Waals surface area contributed by atoms with Gasteiger partial charge in [-0.25, -0.2) is 0 Å². The smallest absolute Gasteiger partial charge is 0.775 e. The molecule has 0 rings (SSSR count). The number of nitrogens with zero attached hydrogens (tertiary/aromatic N) is 1. The zero-order chi connectivity index (χ0) is 9.78. The Bertz CT molecular complexity index is 262. The van der Waals surface area contributed by atoms with Crippen LogP contribution in [-0.4, -0.2) is 18.9 Å². The first-order chi connectivity index (χ1) is 5.44. The predicted octanol–water partition coefficient (Wildman–Crippen LogP) is -3.40. The molecule has 2 unspecified atom stereocenters. The van der Waals surface area contributed by atoms with Crippen LogP contribution in [-0.2, 0) is 18.6 Å². The SMILES string of the molecule is COP(=O)([O-])C(C#N)OC(C)=O.[Li+]. The van der Waals surface area contributed by atoms with Gasteiger partial charge in [-0.15, -0.1) is 0 Å². The molecule has 0 saturated carbocycles. The van der Waals surface area contributed by atoms with E-state index in [1.165, 1.54) is 6.07 Å².